The molecule has 0 aliphatic carbocycles. The Bertz CT molecular complexity index is 997. The molecule has 4 rings (SSSR count). The molecule has 0 saturated carbocycles. The Labute approximate surface area is 166 Å². The summed E-state index contributed by atoms with van der Waals surface area (Å²) >= 11 is 1.43. The summed E-state index contributed by atoms with van der Waals surface area (Å²) in [4.78, 5) is 35.5. The molecule has 2 aromatic heterocycles. The summed E-state index contributed by atoms with van der Waals surface area (Å²) < 4.78 is 6.29. The lowest BCUT2D eigenvalue weighted by Crippen LogP contribution is -2.41. The van der Waals surface area contributed by atoms with Crippen molar-refractivity contribution in [3.8, 4) is 5.75 Å². The second-order valence-electron chi connectivity index (χ2n) is 6.60. The minimum Gasteiger partial charge on any atom is -0.494 e. The van der Waals surface area contributed by atoms with E-state index in [4.69, 9.17) is 4.74 Å². The summed E-state index contributed by atoms with van der Waals surface area (Å²) in [6, 6.07) is 11.0. The fraction of sp³-hybridized carbons (Fsp3) is 0.300. The van der Waals surface area contributed by atoms with Crippen LogP contribution < -0.4 is 10.1 Å². The van der Waals surface area contributed by atoms with Crippen molar-refractivity contribution in [3.63, 3.8) is 0 Å². The second kappa shape index (κ2) is 7.93. The second-order valence-corrected chi connectivity index (χ2v) is 7.63. The van der Waals surface area contributed by atoms with Crippen LogP contribution in [-0.4, -0.2) is 46.9 Å². The Morgan fingerprint density at radius 2 is 2.00 bits per heavy atom. The van der Waals surface area contributed by atoms with Gasteiger partial charge in [0.25, 0.3) is 5.91 Å². The van der Waals surface area contributed by atoms with E-state index in [0.29, 0.717) is 42.5 Å². The number of para-hydroxylation sites is 1. The van der Waals surface area contributed by atoms with Gasteiger partial charge in [-0.25, -0.2) is 4.98 Å². The zero-order valence-electron chi connectivity index (χ0n) is 15.4. The highest BCUT2D eigenvalue weighted by Crippen LogP contribution is 2.32. The predicted molar refractivity (Wildman–Crippen MR) is 108 cm³/mol. The smallest absolute Gasteiger partial charge is 0.272 e. The number of benzene rings is 1. The van der Waals surface area contributed by atoms with Crippen LogP contribution in [0.5, 0.6) is 5.75 Å². The monoisotopic (exact) mass is 396 g/mol. The van der Waals surface area contributed by atoms with Crippen LogP contribution in [0.2, 0.25) is 0 Å². The van der Waals surface area contributed by atoms with Gasteiger partial charge in [0.15, 0.2) is 5.13 Å². The van der Waals surface area contributed by atoms with E-state index in [2.05, 4.69) is 15.3 Å². The van der Waals surface area contributed by atoms with E-state index in [1.54, 1.807) is 36.4 Å². The Hall–Kier alpha value is -3.00. The Balaban J connectivity index is 1.37. The Morgan fingerprint density at radius 1 is 1.18 bits per heavy atom. The number of hydrogen-bond acceptors (Lipinski definition) is 6. The first kappa shape index (κ1) is 18.4. The van der Waals surface area contributed by atoms with Gasteiger partial charge < -0.3 is 15.0 Å². The summed E-state index contributed by atoms with van der Waals surface area (Å²) in [5, 5.41) is 3.49. The molecule has 2 amide bonds. The first-order valence-electron chi connectivity index (χ1n) is 9.10. The lowest BCUT2D eigenvalue weighted by Gasteiger charge is -2.30. The van der Waals surface area contributed by atoms with Crippen molar-refractivity contribution >= 4 is 38.5 Å². The summed E-state index contributed by atoms with van der Waals surface area (Å²) in [5.74, 6) is 0.415. The average molecular weight is 396 g/mol. The molecule has 0 atom stereocenters. The minimum absolute atomic E-state index is 0.0528. The largest absolute Gasteiger partial charge is 0.494 e. The third-order valence-electron chi connectivity index (χ3n) is 4.87. The molecule has 28 heavy (non-hydrogen) atoms. The van der Waals surface area contributed by atoms with Crippen LogP contribution in [0.15, 0.2) is 42.6 Å². The number of carbonyl (C=O) groups excluding carboxylic acids is 2. The quantitative estimate of drug-likeness (QED) is 0.732. The maximum Gasteiger partial charge on any atom is 0.272 e. The van der Waals surface area contributed by atoms with Crippen LogP contribution in [0.25, 0.3) is 10.2 Å². The standard InChI is InChI=1S/C20H20N4O3S/c1-27-15-6-4-7-16-17(15)22-20(28-16)23-18(25)13-8-11-24(12-9-13)19(26)14-5-2-3-10-21-14/h2-7,10,13H,8-9,11-12H2,1H3,(H,22,23,25). The van der Waals surface area contributed by atoms with E-state index >= 15 is 0 Å². The van der Waals surface area contributed by atoms with Gasteiger partial charge in [0, 0.05) is 25.2 Å². The van der Waals surface area contributed by atoms with Crippen molar-refractivity contribution in [3.05, 3.63) is 48.3 Å². The van der Waals surface area contributed by atoms with Gasteiger partial charge in [-0.05, 0) is 37.1 Å². The Morgan fingerprint density at radius 3 is 2.71 bits per heavy atom. The van der Waals surface area contributed by atoms with E-state index in [9.17, 15) is 9.59 Å². The van der Waals surface area contributed by atoms with Gasteiger partial charge in [-0.1, -0.05) is 23.5 Å². The van der Waals surface area contributed by atoms with Crippen LogP contribution in [0.1, 0.15) is 23.3 Å². The maximum atomic E-state index is 12.7. The SMILES string of the molecule is COc1cccc2sc(NC(=O)C3CCN(C(=O)c4ccccn4)CC3)nc12. The highest BCUT2D eigenvalue weighted by molar-refractivity contribution is 7.22. The molecule has 0 spiro atoms. The van der Waals surface area contributed by atoms with E-state index in [1.807, 2.05) is 18.2 Å². The summed E-state index contributed by atoms with van der Waals surface area (Å²) in [7, 11) is 1.60. The zero-order chi connectivity index (χ0) is 19.5. The molecule has 1 fully saturated rings. The van der Waals surface area contributed by atoms with E-state index in [0.717, 1.165) is 10.2 Å². The normalized spacial score (nSPS) is 14.8. The molecule has 0 unspecified atom stereocenters. The van der Waals surface area contributed by atoms with Crippen molar-refractivity contribution in [2.24, 2.45) is 5.92 Å². The van der Waals surface area contributed by atoms with Crippen molar-refractivity contribution in [2.75, 3.05) is 25.5 Å². The molecule has 8 heteroatoms. The Kier molecular flexibility index (Phi) is 5.21. The lowest BCUT2D eigenvalue weighted by atomic mass is 9.96. The molecular weight excluding hydrogens is 376 g/mol. The highest BCUT2D eigenvalue weighted by Gasteiger charge is 2.28. The fourth-order valence-corrected chi connectivity index (χ4v) is 4.23. The number of amides is 2. The number of pyridine rings is 1. The molecule has 0 radical (unpaired) electrons. The van der Waals surface area contributed by atoms with Crippen molar-refractivity contribution in [2.45, 2.75) is 12.8 Å². The number of fused-ring (bicyclic) bond motifs is 1. The number of piperidine rings is 1. The summed E-state index contributed by atoms with van der Waals surface area (Å²) in [6.07, 6.45) is 2.86. The number of methoxy groups -OCH3 is 1. The number of nitrogens with zero attached hydrogens (tertiary/aromatic N) is 3. The molecule has 3 heterocycles. The third kappa shape index (κ3) is 3.68. The number of likely N-dealkylation sites (tertiary alicyclic amines) is 1. The highest BCUT2D eigenvalue weighted by atomic mass is 32.1. The van der Waals surface area contributed by atoms with E-state index < -0.39 is 0 Å². The maximum absolute atomic E-state index is 12.7. The molecular formula is C20H20N4O3S. The van der Waals surface area contributed by atoms with Crippen molar-refractivity contribution in [1.29, 1.82) is 0 Å². The molecule has 1 saturated heterocycles. The fourth-order valence-electron chi connectivity index (χ4n) is 3.34. The van der Waals surface area contributed by atoms with Crippen molar-refractivity contribution in [1.82, 2.24) is 14.9 Å². The van der Waals surface area contributed by atoms with Crippen LogP contribution >= 0.6 is 11.3 Å². The number of hydrogen-bond donors (Lipinski definition) is 1. The van der Waals surface area contributed by atoms with E-state index in [-0.39, 0.29) is 17.7 Å². The summed E-state index contributed by atoms with van der Waals surface area (Å²) in [6.45, 7) is 1.09. The van der Waals surface area contributed by atoms with Crippen LogP contribution in [0.4, 0.5) is 5.13 Å². The molecule has 1 N–H and O–H groups in total. The molecule has 144 valence electrons. The average Bonchev–Trinajstić information content (AvgIpc) is 3.16. The lowest BCUT2D eigenvalue weighted by molar-refractivity contribution is -0.121. The topological polar surface area (TPSA) is 84.4 Å². The van der Waals surface area contributed by atoms with Gasteiger partial charge in [-0.3, -0.25) is 14.6 Å². The van der Waals surface area contributed by atoms with Gasteiger partial charge >= 0.3 is 0 Å². The number of aromatic nitrogens is 2. The molecule has 3 aromatic rings. The van der Waals surface area contributed by atoms with Crippen LogP contribution in [0.3, 0.4) is 0 Å². The third-order valence-corrected chi connectivity index (χ3v) is 5.81. The first-order valence-corrected chi connectivity index (χ1v) is 9.92. The van der Waals surface area contributed by atoms with Gasteiger partial charge in [0.1, 0.15) is 17.0 Å². The molecule has 1 aliphatic rings. The first-order chi connectivity index (χ1) is 13.7. The molecule has 7 nitrogen and oxygen atoms in total. The summed E-state index contributed by atoms with van der Waals surface area (Å²) in [5.41, 5.74) is 1.19. The van der Waals surface area contributed by atoms with Gasteiger partial charge in [-0.15, -0.1) is 0 Å². The number of nitrogens with one attached hydrogen (secondary N) is 1. The van der Waals surface area contributed by atoms with Gasteiger partial charge in [-0.2, -0.15) is 0 Å². The van der Waals surface area contributed by atoms with E-state index in [1.165, 1.54) is 11.3 Å². The molecule has 1 aromatic carbocycles. The molecule has 0 bridgehead atoms. The number of ether oxygens (including phenoxy) is 1. The van der Waals surface area contributed by atoms with Crippen LogP contribution in [-0.2, 0) is 4.79 Å². The molecule has 1 aliphatic heterocycles. The van der Waals surface area contributed by atoms with Crippen LogP contribution in [0, 0.1) is 5.92 Å². The minimum atomic E-state index is -0.137. The number of carbonyl (C=O) groups is 2. The predicted octanol–water partition coefficient (Wildman–Crippen LogP) is 3.19. The van der Waals surface area contributed by atoms with Crippen molar-refractivity contribution < 1.29 is 14.3 Å². The number of rotatable bonds is 4. The number of thiazole rings is 1. The van der Waals surface area contributed by atoms with Gasteiger partial charge in [0.05, 0.1) is 11.8 Å². The zero-order valence-corrected chi connectivity index (χ0v) is 16.2. The van der Waals surface area contributed by atoms with Gasteiger partial charge in [0.2, 0.25) is 5.91 Å². The number of anilines is 1.